The van der Waals surface area contributed by atoms with E-state index >= 15 is 0 Å². The molecule has 0 unspecified atom stereocenters. The number of hydrogen-bond donors (Lipinski definition) is 1. The first-order valence-electron chi connectivity index (χ1n) is 5.91. The number of aliphatic hydroxyl groups is 1. The van der Waals surface area contributed by atoms with E-state index in [9.17, 15) is 13.5 Å². The van der Waals surface area contributed by atoms with E-state index in [1.807, 2.05) is 0 Å². The maximum absolute atomic E-state index is 12.6. The Hall–Kier alpha value is -1.13. The highest BCUT2D eigenvalue weighted by molar-refractivity contribution is 7.93. The third-order valence-electron chi connectivity index (χ3n) is 3.70. The molecule has 0 aromatic heterocycles. The first-order chi connectivity index (χ1) is 8.25. The summed E-state index contributed by atoms with van der Waals surface area (Å²) in [7, 11) is -3.49. The summed E-state index contributed by atoms with van der Waals surface area (Å²) in [6.07, 6.45) is 1.90. The molecule has 0 radical (unpaired) electrons. The van der Waals surface area contributed by atoms with Crippen LogP contribution in [0.5, 0.6) is 0 Å². The summed E-state index contributed by atoms with van der Waals surface area (Å²) in [5, 5.41) is 10.0. The largest absolute Gasteiger partial charge is 0.390 e. The van der Waals surface area contributed by atoms with Crippen molar-refractivity contribution in [3.8, 4) is 0 Å². The Kier molecular flexibility index (Phi) is 2.91. The molecule has 0 saturated heterocycles. The summed E-state index contributed by atoms with van der Waals surface area (Å²) in [4.78, 5) is 0.289. The maximum atomic E-state index is 12.6. The SMILES string of the molecule is C=C[C@@]1(S(=O)(=O)c2ccccc2)C[C@@H]1C(C)(C)O. The van der Waals surface area contributed by atoms with E-state index in [1.165, 1.54) is 6.08 Å². The third-order valence-corrected chi connectivity index (χ3v) is 6.22. The van der Waals surface area contributed by atoms with Crippen LogP contribution in [0.4, 0.5) is 0 Å². The number of benzene rings is 1. The lowest BCUT2D eigenvalue weighted by atomic mass is 10.0. The van der Waals surface area contributed by atoms with Crippen LogP contribution in [0, 0.1) is 5.92 Å². The zero-order chi connectivity index (χ0) is 13.6. The standard InChI is InChI=1S/C14H18O3S/c1-4-14(10-12(14)13(2,3)15)18(16,17)11-8-6-5-7-9-11/h4-9,12,15H,1,10H2,2-3H3/t12-,14-/m1/s1. The molecule has 4 heteroatoms. The number of hydrogen-bond acceptors (Lipinski definition) is 3. The molecule has 1 N–H and O–H groups in total. The highest BCUT2D eigenvalue weighted by atomic mass is 32.2. The minimum atomic E-state index is -3.49. The molecule has 1 aliphatic rings. The quantitative estimate of drug-likeness (QED) is 0.850. The molecule has 2 rings (SSSR count). The van der Waals surface area contributed by atoms with Crippen LogP contribution in [0.25, 0.3) is 0 Å². The van der Waals surface area contributed by atoms with Gasteiger partial charge in [-0.05, 0) is 32.4 Å². The van der Waals surface area contributed by atoms with Gasteiger partial charge in [0.2, 0.25) is 0 Å². The van der Waals surface area contributed by atoms with Gasteiger partial charge in [0.1, 0.15) is 4.75 Å². The molecule has 1 fully saturated rings. The Morgan fingerprint density at radius 3 is 2.33 bits per heavy atom. The predicted octanol–water partition coefficient (Wildman–Crippen LogP) is 2.18. The van der Waals surface area contributed by atoms with Gasteiger partial charge >= 0.3 is 0 Å². The summed E-state index contributed by atoms with van der Waals surface area (Å²) in [5.74, 6) is -0.298. The molecule has 1 aliphatic carbocycles. The average molecular weight is 266 g/mol. The van der Waals surface area contributed by atoms with Crippen molar-refractivity contribution in [1.82, 2.24) is 0 Å². The fourth-order valence-electron chi connectivity index (χ4n) is 2.56. The lowest BCUT2D eigenvalue weighted by molar-refractivity contribution is 0.0545. The Bertz CT molecular complexity index is 554. The van der Waals surface area contributed by atoms with Gasteiger partial charge in [-0.15, -0.1) is 6.58 Å². The van der Waals surface area contributed by atoms with E-state index in [-0.39, 0.29) is 10.8 Å². The van der Waals surface area contributed by atoms with Crippen LogP contribution in [-0.2, 0) is 9.84 Å². The van der Waals surface area contributed by atoms with E-state index < -0.39 is 20.2 Å². The molecule has 18 heavy (non-hydrogen) atoms. The summed E-state index contributed by atoms with van der Waals surface area (Å²) in [5.41, 5.74) is -1.02. The monoisotopic (exact) mass is 266 g/mol. The Morgan fingerprint density at radius 2 is 1.94 bits per heavy atom. The fourth-order valence-corrected chi connectivity index (χ4v) is 4.78. The van der Waals surface area contributed by atoms with Gasteiger partial charge in [-0.25, -0.2) is 8.42 Å². The second-order valence-electron chi connectivity index (χ2n) is 5.39. The van der Waals surface area contributed by atoms with Gasteiger partial charge in [0.15, 0.2) is 9.84 Å². The van der Waals surface area contributed by atoms with Crippen LogP contribution in [0.15, 0.2) is 47.9 Å². The lowest BCUT2D eigenvalue weighted by Gasteiger charge is -2.22. The number of rotatable bonds is 4. The van der Waals surface area contributed by atoms with E-state index in [0.717, 1.165) is 0 Å². The summed E-state index contributed by atoms with van der Waals surface area (Å²) < 4.78 is 24.2. The smallest absolute Gasteiger partial charge is 0.188 e. The summed E-state index contributed by atoms with van der Waals surface area (Å²) >= 11 is 0. The highest BCUT2D eigenvalue weighted by Crippen LogP contribution is 2.58. The number of sulfone groups is 1. The molecular formula is C14H18O3S. The lowest BCUT2D eigenvalue weighted by Crippen LogP contribution is -2.32. The van der Waals surface area contributed by atoms with Gasteiger partial charge in [0.05, 0.1) is 10.5 Å². The van der Waals surface area contributed by atoms with Gasteiger partial charge < -0.3 is 5.11 Å². The molecule has 0 spiro atoms. The normalized spacial score (nSPS) is 27.8. The van der Waals surface area contributed by atoms with Crippen LogP contribution in [0.1, 0.15) is 20.3 Å². The summed E-state index contributed by atoms with van der Waals surface area (Å²) in [6.45, 7) is 6.94. The van der Waals surface area contributed by atoms with Crippen molar-refractivity contribution < 1.29 is 13.5 Å². The van der Waals surface area contributed by atoms with Crippen molar-refractivity contribution in [3.63, 3.8) is 0 Å². The Balaban J connectivity index is 2.46. The molecular weight excluding hydrogens is 248 g/mol. The molecule has 0 aliphatic heterocycles. The van der Waals surface area contributed by atoms with E-state index in [4.69, 9.17) is 0 Å². The average Bonchev–Trinajstić information content (AvgIpc) is 3.06. The van der Waals surface area contributed by atoms with Crippen LogP contribution in [0.3, 0.4) is 0 Å². The van der Waals surface area contributed by atoms with Crippen molar-refractivity contribution in [2.75, 3.05) is 0 Å². The highest BCUT2D eigenvalue weighted by Gasteiger charge is 2.66. The molecule has 1 aromatic rings. The van der Waals surface area contributed by atoms with Crippen molar-refractivity contribution in [2.45, 2.75) is 35.5 Å². The molecule has 0 amide bonds. The Labute approximate surface area is 108 Å². The first-order valence-corrected chi connectivity index (χ1v) is 7.40. The Morgan fingerprint density at radius 1 is 1.39 bits per heavy atom. The molecule has 3 nitrogen and oxygen atoms in total. The minimum Gasteiger partial charge on any atom is -0.390 e. The van der Waals surface area contributed by atoms with Gasteiger partial charge in [-0.2, -0.15) is 0 Å². The fraction of sp³-hybridized carbons (Fsp3) is 0.429. The van der Waals surface area contributed by atoms with Gasteiger partial charge in [-0.3, -0.25) is 0 Å². The second-order valence-corrected chi connectivity index (χ2v) is 7.62. The van der Waals surface area contributed by atoms with Crippen molar-refractivity contribution in [3.05, 3.63) is 43.0 Å². The van der Waals surface area contributed by atoms with Crippen LogP contribution in [-0.4, -0.2) is 23.9 Å². The van der Waals surface area contributed by atoms with Crippen molar-refractivity contribution in [2.24, 2.45) is 5.92 Å². The first kappa shape index (κ1) is 13.3. The van der Waals surface area contributed by atoms with E-state index in [2.05, 4.69) is 6.58 Å². The zero-order valence-corrected chi connectivity index (χ0v) is 11.4. The van der Waals surface area contributed by atoms with Crippen molar-refractivity contribution >= 4 is 9.84 Å². The van der Waals surface area contributed by atoms with Gasteiger partial charge in [0.25, 0.3) is 0 Å². The maximum Gasteiger partial charge on any atom is 0.188 e. The molecule has 1 saturated carbocycles. The third kappa shape index (κ3) is 1.80. The molecule has 2 atom stereocenters. The second kappa shape index (κ2) is 3.93. The van der Waals surface area contributed by atoms with Crippen LogP contribution >= 0.6 is 0 Å². The van der Waals surface area contributed by atoms with Crippen LogP contribution < -0.4 is 0 Å². The molecule has 0 bridgehead atoms. The van der Waals surface area contributed by atoms with Crippen LogP contribution in [0.2, 0.25) is 0 Å². The summed E-state index contributed by atoms with van der Waals surface area (Å²) in [6, 6.07) is 8.34. The minimum absolute atomic E-state index is 0.289. The molecule has 1 aromatic carbocycles. The van der Waals surface area contributed by atoms with Crippen molar-refractivity contribution in [1.29, 1.82) is 0 Å². The molecule has 98 valence electrons. The van der Waals surface area contributed by atoms with E-state index in [0.29, 0.717) is 6.42 Å². The zero-order valence-electron chi connectivity index (χ0n) is 10.6. The van der Waals surface area contributed by atoms with E-state index in [1.54, 1.807) is 44.2 Å². The van der Waals surface area contributed by atoms with Gasteiger partial charge in [-0.1, -0.05) is 24.3 Å². The van der Waals surface area contributed by atoms with Gasteiger partial charge in [0, 0.05) is 5.92 Å². The molecule has 0 heterocycles. The predicted molar refractivity (Wildman–Crippen MR) is 71.0 cm³/mol. The topological polar surface area (TPSA) is 54.4 Å².